The van der Waals surface area contributed by atoms with Gasteiger partial charge in [0, 0.05) is 13.1 Å². The number of methoxy groups -OCH3 is 1. The largest absolute Gasteiger partial charge is 0.509 e. The van der Waals surface area contributed by atoms with Gasteiger partial charge in [-0.1, -0.05) is 72.8 Å². The van der Waals surface area contributed by atoms with E-state index < -0.39 is 48.0 Å². The molecule has 3 aromatic carbocycles. The molecular formula is C32H29N3O9. The van der Waals surface area contributed by atoms with Gasteiger partial charge in [-0.3, -0.25) is 14.2 Å². The Hall–Kier alpha value is -5.20. The van der Waals surface area contributed by atoms with Crippen LogP contribution in [0, 0.1) is 0 Å². The number of benzene rings is 3. The summed E-state index contributed by atoms with van der Waals surface area (Å²) in [7, 11) is 1.60. The highest BCUT2D eigenvalue weighted by Gasteiger charge is 2.55. The Kier molecular flexibility index (Phi) is 8.01. The third kappa shape index (κ3) is 5.48. The summed E-state index contributed by atoms with van der Waals surface area (Å²) in [4.78, 5) is 47.2. The molecule has 0 unspecified atom stereocenters. The average Bonchev–Trinajstić information content (AvgIpc) is 3.59. The minimum absolute atomic E-state index is 0.127. The Balaban J connectivity index is 1.32. The average molecular weight is 600 g/mol. The van der Waals surface area contributed by atoms with Gasteiger partial charge in [-0.2, -0.15) is 4.98 Å². The van der Waals surface area contributed by atoms with Crippen molar-refractivity contribution in [3.05, 3.63) is 124 Å². The fraction of sp³-hybridized carbons (Fsp3) is 0.250. The zero-order valence-electron chi connectivity index (χ0n) is 23.8. The number of aromatic nitrogens is 2. The summed E-state index contributed by atoms with van der Waals surface area (Å²) in [6, 6.07) is 28.4. The fourth-order valence-electron chi connectivity index (χ4n) is 5.42. The van der Waals surface area contributed by atoms with Crippen LogP contribution in [-0.4, -0.2) is 53.7 Å². The second kappa shape index (κ2) is 12.2. The van der Waals surface area contributed by atoms with E-state index in [1.54, 1.807) is 7.11 Å². The molecule has 0 bridgehead atoms. The van der Waals surface area contributed by atoms with Crippen LogP contribution in [0.3, 0.4) is 0 Å². The molecule has 1 N–H and O–H groups in total. The van der Waals surface area contributed by atoms with Crippen LogP contribution in [-0.2, 0) is 34.2 Å². The Morgan fingerprint density at radius 1 is 0.886 bits per heavy atom. The van der Waals surface area contributed by atoms with Gasteiger partial charge >= 0.3 is 17.8 Å². The van der Waals surface area contributed by atoms with Crippen molar-refractivity contribution in [2.45, 2.75) is 37.1 Å². The molecular weight excluding hydrogens is 570 g/mol. The van der Waals surface area contributed by atoms with E-state index in [2.05, 4.69) is 10.5 Å². The second-order valence-electron chi connectivity index (χ2n) is 10.1. The van der Waals surface area contributed by atoms with Crippen LogP contribution >= 0.6 is 0 Å². The molecule has 0 amide bonds. The lowest BCUT2D eigenvalue weighted by Crippen LogP contribution is -2.37. The van der Waals surface area contributed by atoms with E-state index in [9.17, 15) is 14.4 Å². The molecule has 226 valence electrons. The Bertz CT molecular complexity index is 1640. The standard InChI is InChI=1S/C32H29N3O9/c1-20(36)40-19-25-27-28(43-31(38)42-27)29(41-25)35-18-17-26(33-30(35)37)34-44-32(21-9-5-3-6-10-21,22-11-7-4-8-12-22)23-13-15-24(39-2)16-14-23/h3-18,25,27-29H,19H2,1-2H3,(H,33,34,37)/t25-,27-,28-,29-/m1/s1. The minimum Gasteiger partial charge on any atom is -0.497 e. The van der Waals surface area contributed by atoms with Crippen molar-refractivity contribution in [3.8, 4) is 5.75 Å². The van der Waals surface area contributed by atoms with Crippen molar-refractivity contribution in [2.75, 3.05) is 19.2 Å². The SMILES string of the molecule is COc1ccc(C(ONc2ccn([C@@H]3O[C@H](COC(C)=O)[C@H]4OC(=O)O[C@H]43)c(=O)n2)(c2ccccc2)c2ccccc2)cc1. The highest BCUT2D eigenvalue weighted by molar-refractivity contribution is 5.66. The topological polar surface area (TPSA) is 136 Å². The van der Waals surface area contributed by atoms with Crippen molar-refractivity contribution < 1.29 is 38.1 Å². The smallest absolute Gasteiger partial charge is 0.497 e. The molecule has 2 aliphatic heterocycles. The molecule has 0 saturated carbocycles. The van der Waals surface area contributed by atoms with Crippen molar-refractivity contribution in [2.24, 2.45) is 0 Å². The van der Waals surface area contributed by atoms with E-state index in [1.807, 2.05) is 84.9 Å². The number of ether oxygens (including phenoxy) is 5. The molecule has 3 heterocycles. The van der Waals surface area contributed by atoms with Gasteiger partial charge in [-0.05, 0) is 34.9 Å². The summed E-state index contributed by atoms with van der Waals surface area (Å²) < 4.78 is 28.0. The van der Waals surface area contributed by atoms with Crippen LogP contribution in [0.4, 0.5) is 10.6 Å². The van der Waals surface area contributed by atoms with E-state index in [4.69, 9.17) is 28.5 Å². The number of fused-ring (bicyclic) bond motifs is 1. The maximum Gasteiger partial charge on any atom is 0.509 e. The zero-order chi connectivity index (χ0) is 30.7. The fourth-order valence-corrected chi connectivity index (χ4v) is 5.42. The molecule has 44 heavy (non-hydrogen) atoms. The molecule has 0 spiro atoms. The molecule has 2 fully saturated rings. The highest BCUT2D eigenvalue weighted by Crippen LogP contribution is 2.41. The lowest BCUT2D eigenvalue weighted by Gasteiger charge is -2.35. The second-order valence-corrected chi connectivity index (χ2v) is 10.1. The highest BCUT2D eigenvalue weighted by atomic mass is 16.8. The molecule has 6 rings (SSSR count). The third-order valence-electron chi connectivity index (χ3n) is 7.47. The lowest BCUT2D eigenvalue weighted by atomic mass is 9.80. The van der Waals surface area contributed by atoms with Gasteiger partial charge in [0.15, 0.2) is 29.9 Å². The monoisotopic (exact) mass is 599 g/mol. The summed E-state index contributed by atoms with van der Waals surface area (Å²) in [5.41, 5.74) is 3.48. The van der Waals surface area contributed by atoms with Crippen molar-refractivity contribution in [3.63, 3.8) is 0 Å². The van der Waals surface area contributed by atoms with Crippen molar-refractivity contribution in [1.82, 2.24) is 9.55 Å². The molecule has 0 aliphatic carbocycles. The first kappa shape index (κ1) is 28.9. The number of carbonyl (C=O) groups excluding carboxylic acids is 2. The van der Waals surface area contributed by atoms with Crippen LogP contribution < -0.4 is 15.9 Å². The molecule has 2 aliphatic rings. The van der Waals surface area contributed by atoms with Crippen LogP contribution in [0.2, 0.25) is 0 Å². The first-order chi connectivity index (χ1) is 21.4. The normalized spacial score (nSPS) is 20.7. The Morgan fingerprint density at radius 3 is 2.09 bits per heavy atom. The lowest BCUT2D eigenvalue weighted by molar-refractivity contribution is -0.148. The molecule has 2 saturated heterocycles. The Morgan fingerprint density at radius 2 is 1.50 bits per heavy atom. The van der Waals surface area contributed by atoms with Crippen LogP contribution in [0.5, 0.6) is 5.75 Å². The van der Waals surface area contributed by atoms with Crippen molar-refractivity contribution in [1.29, 1.82) is 0 Å². The molecule has 4 aromatic rings. The van der Waals surface area contributed by atoms with E-state index in [-0.39, 0.29) is 12.4 Å². The number of anilines is 1. The van der Waals surface area contributed by atoms with E-state index >= 15 is 0 Å². The van der Waals surface area contributed by atoms with Gasteiger partial charge in [-0.25, -0.2) is 15.1 Å². The summed E-state index contributed by atoms with van der Waals surface area (Å²) in [6.45, 7) is 1.08. The maximum atomic E-state index is 13.3. The van der Waals surface area contributed by atoms with Gasteiger partial charge < -0.3 is 23.7 Å². The number of esters is 1. The number of carbonyl (C=O) groups is 2. The first-order valence-corrected chi connectivity index (χ1v) is 13.8. The summed E-state index contributed by atoms with van der Waals surface area (Å²) in [5.74, 6) is 0.290. The zero-order valence-corrected chi connectivity index (χ0v) is 23.8. The van der Waals surface area contributed by atoms with Gasteiger partial charge in [0.2, 0.25) is 0 Å². The molecule has 4 atom stereocenters. The first-order valence-electron chi connectivity index (χ1n) is 13.8. The molecule has 0 radical (unpaired) electrons. The van der Waals surface area contributed by atoms with E-state index in [1.165, 1.54) is 23.8 Å². The van der Waals surface area contributed by atoms with Crippen LogP contribution in [0.15, 0.2) is 102 Å². The summed E-state index contributed by atoms with van der Waals surface area (Å²) in [6.07, 6.45) is -3.11. The number of hydrogen-bond acceptors (Lipinski definition) is 11. The number of hydrogen-bond donors (Lipinski definition) is 1. The van der Waals surface area contributed by atoms with E-state index in [0.29, 0.717) is 5.75 Å². The van der Waals surface area contributed by atoms with Crippen LogP contribution in [0.25, 0.3) is 0 Å². The third-order valence-corrected chi connectivity index (χ3v) is 7.47. The molecule has 12 nitrogen and oxygen atoms in total. The van der Waals surface area contributed by atoms with Gasteiger partial charge in [-0.15, -0.1) is 0 Å². The van der Waals surface area contributed by atoms with E-state index in [0.717, 1.165) is 16.7 Å². The number of nitrogens with one attached hydrogen (secondary N) is 1. The number of rotatable bonds is 10. The van der Waals surface area contributed by atoms with Gasteiger partial charge in [0.05, 0.1) is 7.11 Å². The Labute approximate surface area is 252 Å². The van der Waals surface area contributed by atoms with Crippen molar-refractivity contribution >= 4 is 17.9 Å². The molecule has 1 aromatic heterocycles. The molecule has 12 heteroatoms. The van der Waals surface area contributed by atoms with Gasteiger partial charge in [0.25, 0.3) is 0 Å². The van der Waals surface area contributed by atoms with Gasteiger partial charge in [0.1, 0.15) is 18.5 Å². The minimum atomic E-state index is -1.16. The summed E-state index contributed by atoms with van der Waals surface area (Å²) >= 11 is 0. The quantitative estimate of drug-likeness (QED) is 0.161. The van der Waals surface area contributed by atoms with Crippen LogP contribution in [0.1, 0.15) is 29.8 Å². The maximum absolute atomic E-state index is 13.3. The number of nitrogens with zero attached hydrogens (tertiary/aromatic N) is 2. The predicted molar refractivity (Wildman–Crippen MR) is 155 cm³/mol. The summed E-state index contributed by atoms with van der Waals surface area (Å²) in [5, 5.41) is 0. The predicted octanol–water partition coefficient (Wildman–Crippen LogP) is 3.95.